The van der Waals surface area contributed by atoms with Crippen molar-refractivity contribution in [2.24, 2.45) is 0 Å². The molecule has 1 amide bonds. The second-order valence-corrected chi connectivity index (χ2v) is 9.30. The highest BCUT2D eigenvalue weighted by molar-refractivity contribution is 9.10. The van der Waals surface area contributed by atoms with E-state index in [1.54, 1.807) is 25.0 Å². The fourth-order valence-corrected chi connectivity index (χ4v) is 4.67. The first-order valence-corrected chi connectivity index (χ1v) is 12.0. The number of amides is 1. The first kappa shape index (κ1) is 24.5. The minimum absolute atomic E-state index is 0.229. The van der Waals surface area contributed by atoms with Crippen LogP contribution in [0.4, 0.5) is 0 Å². The Morgan fingerprint density at radius 3 is 2.26 bits per heavy atom. The lowest BCUT2D eigenvalue weighted by Gasteiger charge is -2.18. The molecule has 0 bridgehead atoms. The number of carbonyl (C=O) groups is 2. The lowest BCUT2D eigenvalue weighted by molar-refractivity contribution is -0.136. The summed E-state index contributed by atoms with van der Waals surface area (Å²) in [5, 5.41) is 0. The molecule has 7 heteroatoms. The van der Waals surface area contributed by atoms with E-state index in [2.05, 4.69) is 20.5 Å². The van der Waals surface area contributed by atoms with Gasteiger partial charge < -0.3 is 18.9 Å². The minimum atomic E-state index is -0.527. The number of hydrogen-bond donors (Lipinski definition) is 0. The van der Waals surface area contributed by atoms with Crippen LogP contribution in [0.15, 0.2) is 75.9 Å². The second kappa shape index (κ2) is 9.96. The number of aryl methyl sites for hydroxylation is 1. The molecule has 1 aromatic heterocycles. The summed E-state index contributed by atoms with van der Waals surface area (Å²) >= 11 is 3.48. The number of halogens is 1. The van der Waals surface area contributed by atoms with Crippen molar-refractivity contribution >= 4 is 33.9 Å². The van der Waals surface area contributed by atoms with Crippen LogP contribution < -0.4 is 4.74 Å². The van der Waals surface area contributed by atoms with Crippen LogP contribution in [0.25, 0.3) is 11.8 Å². The molecule has 0 saturated carbocycles. The van der Waals surface area contributed by atoms with Crippen LogP contribution >= 0.6 is 15.9 Å². The van der Waals surface area contributed by atoms with Crippen molar-refractivity contribution in [2.75, 3.05) is 14.2 Å². The number of allylic oxidation sites excluding steroid dienone is 1. The molecule has 0 saturated heterocycles. The third-order valence-electron chi connectivity index (χ3n) is 6.26. The number of nitrogens with zero attached hydrogens (tertiary/aromatic N) is 2. The summed E-state index contributed by atoms with van der Waals surface area (Å²) in [7, 11) is 2.94. The minimum Gasteiger partial charge on any atom is -0.497 e. The molecule has 1 aliphatic heterocycles. The highest BCUT2D eigenvalue weighted by Gasteiger charge is 2.37. The molecule has 0 unspecified atom stereocenters. The van der Waals surface area contributed by atoms with Gasteiger partial charge in [0.25, 0.3) is 5.91 Å². The van der Waals surface area contributed by atoms with Crippen LogP contribution in [-0.2, 0) is 20.9 Å². The SMILES string of the molecule is COC(=O)C1=C(C)N(Cc2ccc(OC)cc2)C(=O)/C1=C\c1cc(C)n(-c2ccc(Br)cc2)c1C. The Bertz CT molecular complexity index is 1350. The largest absolute Gasteiger partial charge is 0.497 e. The Labute approximate surface area is 213 Å². The third-order valence-corrected chi connectivity index (χ3v) is 6.78. The van der Waals surface area contributed by atoms with Crippen LogP contribution in [0, 0.1) is 13.8 Å². The van der Waals surface area contributed by atoms with Crippen molar-refractivity contribution in [3.63, 3.8) is 0 Å². The monoisotopic (exact) mass is 534 g/mol. The average Bonchev–Trinajstić information content (AvgIpc) is 3.26. The topological polar surface area (TPSA) is 60.8 Å². The van der Waals surface area contributed by atoms with Crippen LogP contribution in [0.5, 0.6) is 5.75 Å². The number of benzene rings is 2. The molecule has 35 heavy (non-hydrogen) atoms. The standard InChI is InChI=1S/C28H27BrN2O4/c1-17-14-21(18(2)31(17)23-10-8-22(29)9-11-23)15-25-26(28(33)35-5)19(3)30(27(25)32)16-20-6-12-24(34-4)13-7-20/h6-15H,16H2,1-5H3/b25-15-. The van der Waals surface area contributed by atoms with Crippen LogP contribution in [0.1, 0.15) is 29.4 Å². The molecule has 2 heterocycles. The molecular weight excluding hydrogens is 508 g/mol. The van der Waals surface area contributed by atoms with Gasteiger partial charge in [-0.05, 0) is 80.4 Å². The van der Waals surface area contributed by atoms with Gasteiger partial charge in [-0.2, -0.15) is 0 Å². The van der Waals surface area contributed by atoms with Gasteiger partial charge in [-0.15, -0.1) is 0 Å². The second-order valence-electron chi connectivity index (χ2n) is 8.39. The Balaban J connectivity index is 1.75. The molecule has 0 N–H and O–H groups in total. The number of hydrogen-bond acceptors (Lipinski definition) is 4. The molecular formula is C28H27BrN2O4. The summed E-state index contributed by atoms with van der Waals surface area (Å²) in [6.45, 7) is 6.14. The summed E-state index contributed by atoms with van der Waals surface area (Å²) in [5.74, 6) is -0.0149. The number of methoxy groups -OCH3 is 2. The predicted octanol–water partition coefficient (Wildman–Crippen LogP) is 5.74. The number of carbonyl (C=O) groups excluding carboxylic acids is 2. The molecule has 4 rings (SSSR count). The van der Waals surface area contributed by atoms with Crippen molar-refractivity contribution < 1.29 is 19.1 Å². The molecule has 0 spiro atoms. The molecule has 0 radical (unpaired) electrons. The number of ether oxygens (including phenoxy) is 2. The summed E-state index contributed by atoms with van der Waals surface area (Å²) < 4.78 is 13.4. The highest BCUT2D eigenvalue weighted by atomic mass is 79.9. The Morgan fingerprint density at radius 2 is 1.66 bits per heavy atom. The van der Waals surface area contributed by atoms with E-state index in [1.165, 1.54) is 7.11 Å². The summed E-state index contributed by atoms with van der Waals surface area (Å²) in [6.07, 6.45) is 1.80. The van der Waals surface area contributed by atoms with Gasteiger partial charge >= 0.3 is 5.97 Å². The van der Waals surface area contributed by atoms with E-state index in [-0.39, 0.29) is 5.91 Å². The highest BCUT2D eigenvalue weighted by Crippen LogP contribution is 2.34. The molecule has 180 valence electrons. The Morgan fingerprint density at radius 1 is 1.00 bits per heavy atom. The predicted molar refractivity (Wildman–Crippen MR) is 139 cm³/mol. The van der Waals surface area contributed by atoms with Crippen molar-refractivity contribution in [1.82, 2.24) is 9.47 Å². The number of esters is 1. The van der Waals surface area contributed by atoms with Crippen molar-refractivity contribution in [1.29, 1.82) is 0 Å². The first-order chi connectivity index (χ1) is 16.7. The average molecular weight is 535 g/mol. The number of aromatic nitrogens is 1. The summed E-state index contributed by atoms with van der Waals surface area (Å²) in [5.41, 5.74) is 6.01. The Hall–Kier alpha value is -3.58. The van der Waals surface area contributed by atoms with Gasteiger partial charge in [0.05, 0.1) is 31.9 Å². The van der Waals surface area contributed by atoms with Gasteiger partial charge in [0, 0.05) is 27.2 Å². The summed E-state index contributed by atoms with van der Waals surface area (Å²) in [4.78, 5) is 27.9. The number of rotatable bonds is 6. The first-order valence-electron chi connectivity index (χ1n) is 11.2. The summed E-state index contributed by atoms with van der Waals surface area (Å²) in [6, 6.07) is 17.6. The smallest absolute Gasteiger partial charge is 0.340 e. The van der Waals surface area contributed by atoms with E-state index in [4.69, 9.17) is 9.47 Å². The maximum Gasteiger partial charge on any atom is 0.340 e. The third kappa shape index (κ3) is 4.68. The lowest BCUT2D eigenvalue weighted by atomic mass is 10.0. The fraction of sp³-hybridized carbons (Fsp3) is 0.214. The maximum absolute atomic E-state index is 13.6. The van der Waals surface area contributed by atoms with E-state index in [1.807, 2.05) is 68.4 Å². The van der Waals surface area contributed by atoms with Crippen molar-refractivity contribution in [3.8, 4) is 11.4 Å². The lowest BCUT2D eigenvalue weighted by Crippen LogP contribution is -2.24. The van der Waals surface area contributed by atoms with E-state index >= 15 is 0 Å². The Kier molecular flexibility index (Phi) is 6.98. The van der Waals surface area contributed by atoms with Crippen LogP contribution in [0.3, 0.4) is 0 Å². The van der Waals surface area contributed by atoms with Gasteiger partial charge in [0.15, 0.2) is 0 Å². The van der Waals surface area contributed by atoms with Crippen molar-refractivity contribution in [3.05, 3.63) is 98.4 Å². The normalized spacial score (nSPS) is 14.7. The molecule has 2 aromatic carbocycles. The van der Waals surface area contributed by atoms with Gasteiger partial charge in [-0.1, -0.05) is 28.1 Å². The van der Waals surface area contributed by atoms with Crippen molar-refractivity contribution in [2.45, 2.75) is 27.3 Å². The molecule has 0 atom stereocenters. The zero-order chi connectivity index (χ0) is 25.3. The molecule has 1 aliphatic rings. The fourth-order valence-electron chi connectivity index (χ4n) is 4.41. The quantitative estimate of drug-likeness (QED) is 0.299. The van der Waals surface area contributed by atoms with Crippen LogP contribution in [-0.4, -0.2) is 35.6 Å². The van der Waals surface area contributed by atoms with E-state index in [0.29, 0.717) is 23.4 Å². The molecule has 0 aliphatic carbocycles. The van der Waals surface area contributed by atoms with Gasteiger partial charge in [-0.25, -0.2) is 4.79 Å². The zero-order valence-corrected chi connectivity index (χ0v) is 22.0. The van der Waals surface area contributed by atoms with Gasteiger partial charge in [-0.3, -0.25) is 4.79 Å². The maximum atomic E-state index is 13.6. The van der Waals surface area contributed by atoms with Crippen LogP contribution in [0.2, 0.25) is 0 Å². The van der Waals surface area contributed by atoms with E-state index in [0.717, 1.165) is 38.4 Å². The molecule has 0 fully saturated rings. The zero-order valence-electron chi connectivity index (χ0n) is 20.4. The molecule has 6 nitrogen and oxygen atoms in total. The van der Waals surface area contributed by atoms with Gasteiger partial charge in [0.2, 0.25) is 0 Å². The molecule has 3 aromatic rings. The van der Waals surface area contributed by atoms with E-state index in [9.17, 15) is 9.59 Å². The van der Waals surface area contributed by atoms with E-state index < -0.39 is 5.97 Å². The van der Waals surface area contributed by atoms with Gasteiger partial charge in [0.1, 0.15) is 5.75 Å².